The van der Waals surface area contributed by atoms with E-state index in [1.807, 2.05) is 0 Å². The summed E-state index contributed by atoms with van der Waals surface area (Å²) >= 11 is 0. The Balaban J connectivity index is 2.17. The second-order valence-corrected chi connectivity index (χ2v) is 3.63. The molecule has 2 aliphatic rings. The van der Waals surface area contributed by atoms with Crippen LogP contribution in [0.25, 0.3) is 0 Å². The molecular formula is C12H12N2. The van der Waals surface area contributed by atoms with Crippen LogP contribution in [0, 0.1) is 0 Å². The Labute approximate surface area is 83.7 Å². The number of nitrogens with zero attached hydrogens (tertiary/aromatic N) is 2. The van der Waals surface area contributed by atoms with Crippen molar-refractivity contribution in [1.82, 2.24) is 5.01 Å². The summed E-state index contributed by atoms with van der Waals surface area (Å²) in [6, 6.07) is 8.93. The van der Waals surface area contributed by atoms with Crippen LogP contribution in [0.5, 0.6) is 0 Å². The lowest BCUT2D eigenvalue weighted by Crippen LogP contribution is -2.32. The van der Waals surface area contributed by atoms with Crippen molar-refractivity contribution < 1.29 is 0 Å². The Morgan fingerprint density at radius 1 is 1.14 bits per heavy atom. The molecule has 1 unspecified atom stereocenters. The largest absolute Gasteiger partial charge is 0.288 e. The van der Waals surface area contributed by atoms with E-state index in [2.05, 4.69) is 65.8 Å². The molecule has 0 fully saturated rings. The molecule has 14 heavy (non-hydrogen) atoms. The van der Waals surface area contributed by atoms with Crippen LogP contribution >= 0.6 is 0 Å². The van der Waals surface area contributed by atoms with Gasteiger partial charge >= 0.3 is 0 Å². The Morgan fingerprint density at radius 3 is 2.93 bits per heavy atom. The maximum absolute atomic E-state index is 2.24. The van der Waals surface area contributed by atoms with Gasteiger partial charge in [-0.1, -0.05) is 30.4 Å². The fraction of sp³-hybridized carbons (Fsp3) is 0.167. The van der Waals surface area contributed by atoms with E-state index in [0.717, 1.165) is 0 Å². The van der Waals surface area contributed by atoms with E-state index in [0.29, 0.717) is 6.04 Å². The van der Waals surface area contributed by atoms with Gasteiger partial charge in [-0.2, -0.15) is 0 Å². The Hall–Kier alpha value is -1.70. The third kappa shape index (κ3) is 0.854. The van der Waals surface area contributed by atoms with Gasteiger partial charge in [0.2, 0.25) is 0 Å². The number of para-hydroxylation sites is 1. The molecule has 2 aliphatic heterocycles. The van der Waals surface area contributed by atoms with Gasteiger partial charge in [-0.05, 0) is 12.1 Å². The maximum atomic E-state index is 2.24. The molecule has 0 radical (unpaired) electrons. The van der Waals surface area contributed by atoms with Gasteiger partial charge in [-0.15, -0.1) is 0 Å². The first-order valence-electron chi connectivity index (χ1n) is 4.84. The van der Waals surface area contributed by atoms with Crippen molar-refractivity contribution in [3.05, 3.63) is 54.3 Å². The molecule has 2 nitrogen and oxygen atoms in total. The Morgan fingerprint density at radius 2 is 2.00 bits per heavy atom. The van der Waals surface area contributed by atoms with Crippen LogP contribution in [0.1, 0.15) is 11.6 Å². The molecule has 0 N–H and O–H groups in total. The maximum Gasteiger partial charge on any atom is 0.0953 e. The first kappa shape index (κ1) is 7.68. The average molecular weight is 184 g/mol. The van der Waals surface area contributed by atoms with Gasteiger partial charge in [0.1, 0.15) is 0 Å². The number of hydrogen-bond acceptors (Lipinski definition) is 2. The van der Waals surface area contributed by atoms with Gasteiger partial charge < -0.3 is 0 Å². The zero-order valence-corrected chi connectivity index (χ0v) is 8.09. The summed E-state index contributed by atoms with van der Waals surface area (Å²) in [5.74, 6) is 0. The van der Waals surface area contributed by atoms with Crippen LogP contribution in [0.2, 0.25) is 0 Å². The number of hydrogen-bond donors (Lipinski definition) is 0. The molecule has 0 saturated heterocycles. The summed E-state index contributed by atoms with van der Waals surface area (Å²) in [5, 5.41) is 4.44. The highest BCUT2D eigenvalue weighted by molar-refractivity contribution is 5.60. The molecule has 0 amide bonds. The number of anilines is 1. The van der Waals surface area contributed by atoms with Crippen molar-refractivity contribution in [1.29, 1.82) is 0 Å². The van der Waals surface area contributed by atoms with E-state index < -0.39 is 0 Å². The van der Waals surface area contributed by atoms with Crippen LogP contribution < -0.4 is 5.01 Å². The topological polar surface area (TPSA) is 6.48 Å². The monoisotopic (exact) mass is 184 g/mol. The van der Waals surface area contributed by atoms with Gasteiger partial charge in [0.25, 0.3) is 0 Å². The average Bonchev–Trinajstić information content (AvgIpc) is 2.55. The third-order valence-electron chi connectivity index (χ3n) is 2.88. The second kappa shape index (κ2) is 2.64. The molecule has 0 bridgehead atoms. The molecule has 0 saturated carbocycles. The fourth-order valence-corrected chi connectivity index (χ4v) is 2.18. The van der Waals surface area contributed by atoms with Crippen molar-refractivity contribution in [3.63, 3.8) is 0 Å². The molecule has 1 aromatic rings. The highest BCUT2D eigenvalue weighted by atomic mass is 15.6. The minimum atomic E-state index is 0.390. The Bertz CT molecular complexity index is 420. The number of allylic oxidation sites excluding steroid dienone is 2. The quantitative estimate of drug-likeness (QED) is 0.611. The first-order valence-corrected chi connectivity index (χ1v) is 4.84. The van der Waals surface area contributed by atoms with Crippen LogP contribution in [0.15, 0.2) is 48.7 Å². The van der Waals surface area contributed by atoms with Crippen molar-refractivity contribution in [3.8, 4) is 0 Å². The molecule has 3 rings (SSSR count). The normalized spacial score (nSPS) is 22.5. The number of hydrazine groups is 1. The zero-order chi connectivity index (χ0) is 9.54. The van der Waals surface area contributed by atoms with E-state index in [1.165, 1.54) is 11.3 Å². The van der Waals surface area contributed by atoms with Gasteiger partial charge in [-0.3, -0.25) is 10.0 Å². The molecular weight excluding hydrogens is 172 g/mol. The predicted octanol–water partition coefficient (Wildman–Crippen LogP) is 2.48. The van der Waals surface area contributed by atoms with Gasteiger partial charge in [0.05, 0.1) is 11.7 Å². The molecule has 0 spiro atoms. The number of benzene rings is 1. The molecule has 1 atom stereocenters. The summed E-state index contributed by atoms with van der Waals surface area (Å²) in [6.45, 7) is 0. The minimum Gasteiger partial charge on any atom is -0.288 e. The third-order valence-corrected chi connectivity index (χ3v) is 2.88. The minimum absolute atomic E-state index is 0.390. The summed E-state index contributed by atoms with van der Waals surface area (Å²) < 4.78 is 0. The lowest BCUT2D eigenvalue weighted by Gasteiger charge is -2.29. The second-order valence-electron chi connectivity index (χ2n) is 3.63. The summed E-state index contributed by atoms with van der Waals surface area (Å²) in [7, 11) is 2.10. The van der Waals surface area contributed by atoms with E-state index in [9.17, 15) is 0 Å². The van der Waals surface area contributed by atoms with Gasteiger partial charge in [-0.25, -0.2) is 0 Å². The van der Waals surface area contributed by atoms with Gasteiger partial charge in [0.15, 0.2) is 0 Å². The van der Waals surface area contributed by atoms with Crippen molar-refractivity contribution >= 4 is 5.69 Å². The van der Waals surface area contributed by atoms with Crippen LogP contribution in [0.4, 0.5) is 5.69 Å². The molecule has 1 aromatic carbocycles. The first-order chi connectivity index (χ1) is 6.88. The summed E-state index contributed by atoms with van der Waals surface area (Å²) in [5.41, 5.74) is 2.68. The fourth-order valence-electron chi connectivity index (χ4n) is 2.18. The standard InChI is InChI=1S/C12H12N2/c1-13-11-7-3-2-6-10(11)12-8-4-5-9-14(12)13/h2-9,12H,1H3. The highest BCUT2D eigenvalue weighted by Gasteiger charge is 2.30. The Kier molecular flexibility index (Phi) is 1.45. The smallest absolute Gasteiger partial charge is 0.0953 e. The highest BCUT2D eigenvalue weighted by Crippen LogP contribution is 2.40. The summed E-state index contributed by atoms with van der Waals surface area (Å²) in [6.07, 6.45) is 8.52. The zero-order valence-electron chi connectivity index (χ0n) is 8.09. The molecule has 2 heteroatoms. The van der Waals surface area contributed by atoms with E-state index in [-0.39, 0.29) is 0 Å². The van der Waals surface area contributed by atoms with E-state index in [1.54, 1.807) is 0 Å². The lowest BCUT2D eigenvalue weighted by molar-refractivity contribution is 0.342. The van der Waals surface area contributed by atoms with Crippen LogP contribution in [-0.4, -0.2) is 12.1 Å². The van der Waals surface area contributed by atoms with E-state index >= 15 is 0 Å². The SMILES string of the molecule is CN1c2ccccc2C2C=CC=CN21. The van der Waals surface area contributed by atoms with Crippen molar-refractivity contribution in [2.24, 2.45) is 0 Å². The molecule has 2 heterocycles. The van der Waals surface area contributed by atoms with E-state index in [4.69, 9.17) is 0 Å². The van der Waals surface area contributed by atoms with Gasteiger partial charge in [0, 0.05) is 18.8 Å². The molecule has 0 aliphatic carbocycles. The molecule has 70 valence electrons. The van der Waals surface area contributed by atoms with Crippen LogP contribution in [-0.2, 0) is 0 Å². The van der Waals surface area contributed by atoms with Crippen molar-refractivity contribution in [2.45, 2.75) is 6.04 Å². The van der Waals surface area contributed by atoms with Crippen molar-refractivity contribution in [2.75, 3.05) is 12.1 Å². The summed E-state index contributed by atoms with van der Waals surface area (Å²) in [4.78, 5) is 0. The predicted molar refractivity (Wildman–Crippen MR) is 57.7 cm³/mol. The number of fused-ring (bicyclic) bond motifs is 3. The number of rotatable bonds is 0. The van der Waals surface area contributed by atoms with Crippen LogP contribution in [0.3, 0.4) is 0 Å². The molecule has 0 aromatic heterocycles. The lowest BCUT2D eigenvalue weighted by atomic mass is 10.1.